The molecule has 0 atom stereocenters. The fourth-order valence-corrected chi connectivity index (χ4v) is 3.17. The Kier molecular flexibility index (Phi) is 4.11. The minimum absolute atomic E-state index is 0.0481. The molecule has 126 valence electrons. The molecular weight excluding hydrogens is 348 g/mol. The Hall–Kier alpha value is -3.24. The van der Waals surface area contributed by atoms with Gasteiger partial charge in [-0.15, -0.1) is 0 Å². The van der Waals surface area contributed by atoms with Gasteiger partial charge in [-0.3, -0.25) is 10.1 Å². The number of nitro groups is 1. The topological polar surface area (TPSA) is 56.0 Å². The van der Waals surface area contributed by atoms with Crippen molar-refractivity contribution in [1.29, 1.82) is 0 Å². The third kappa shape index (κ3) is 3.03. The molecule has 0 amide bonds. The lowest BCUT2D eigenvalue weighted by Gasteiger charge is -2.10. The number of nitrogens with zero attached hydrogens (tertiary/aromatic N) is 2. The summed E-state index contributed by atoms with van der Waals surface area (Å²) >= 11 is 6.12. The highest BCUT2D eigenvalue weighted by molar-refractivity contribution is 6.30. The van der Waals surface area contributed by atoms with E-state index >= 15 is 0 Å². The summed E-state index contributed by atoms with van der Waals surface area (Å²) in [6, 6.07) is 24.0. The van der Waals surface area contributed by atoms with Gasteiger partial charge in [-0.25, -0.2) is 4.98 Å². The second-order valence-corrected chi connectivity index (χ2v) is 6.33. The monoisotopic (exact) mass is 360 g/mol. The van der Waals surface area contributed by atoms with Crippen molar-refractivity contribution in [3.63, 3.8) is 0 Å². The second-order valence-electron chi connectivity index (χ2n) is 5.89. The van der Waals surface area contributed by atoms with E-state index in [-0.39, 0.29) is 10.6 Å². The molecule has 0 N–H and O–H groups in total. The molecule has 4 rings (SSSR count). The maximum atomic E-state index is 11.2. The van der Waals surface area contributed by atoms with Crippen LogP contribution >= 0.6 is 11.6 Å². The van der Waals surface area contributed by atoms with E-state index in [9.17, 15) is 10.1 Å². The Bertz CT molecular complexity index is 1130. The molecule has 0 unspecified atom stereocenters. The lowest BCUT2D eigenvalue weighted by Crippen LogP contribution is -1.93. The van der Waals surface area contributed by atoms with Gasteiger partial charge in [-0.2, -0.15) is 0 Å². The summed E-state index contributed by atoms with van der Waals surface area (Å²) in [5, 5.41) is 12.6. The predicted molar refractivity (Wildman–Crippen MR) is 104 cm³/mol. The summed E-state index contributed by atoms with van der Waals surface area (Å²) in [7, 11) is 0. The first-order chi connectivity index (χ1) is 12.6. The van der Waals surface area contributed by atoms with Crippen molar-refractivity contribution >= 4 is 28.2 Å². The molecule has 0 saturated heterocycles. The van der Waals surface area contributed by atoms with Crippen LogP contribution in [-0.2, 0) is 0 Å². The first-order valence-electron chi connectivity index (χ1n) is 8.02. The number of halogens is 1. The van der Waals surface area contributed by atoms with E-state index in [1.165, 1.54) is 6.07 Å². The highest BCUT2D eigenvalue weighted by Crippen LogP contribution is 2.34. The quantitative estimate of drug-likeness (QED) is 0.326. The third-order valence-electron chi connectivity index (χ3n) is 4.21. The Morgan fingerprint density at radius 2 is 1.62 bits per heavy atom. The molecule has 1 aromatic heterocycles. The summed E-state index contributed by atoms with van der Waals surface area (Å²) in [6.07, 6.45) is 0. The molecule has 0 aliphatic rings. The molecule has 4 nitrogen and oxygen atoms in total. The first kappa shape index (κ1) is 16.2. The molecule has 0 spiro atoms. The molecule has 0 fully saturated rings. The van der Waals surface area contributed by atoms with Gasteiger partial charge in [0.25, 0.3) is 5.69 Å². The SMILES string of the molecule is O=[N+]([O-])c1ccc2nc(-c3cccc(Cl)c3)cc(-c3ccccc3)c2c1. The van der Waals surface area contributed by atoms with Crippen LogP contribution in [0.15, 0.2) is 78.9 Å². The minimum atomic E-state index is -0.390. The Morgan fingerprint density at radius 3 is 2.35 bits per heavy atom. The van der Waals surface area contributed by atoms with Gasteiger partial charge in [0.2, 0.25) is 0 Å². The van der Waals surface area contributed by atoms with Crippen molar-refractivity contribution in [2.75, 3.05) is 0 Å². The molecule has 0 saturated carbocycles. The number of aromatic nitrogens is 1. The van der Waals surface area contributed by atoms with Crippen molar-refractivity contribution < 1.29 is 4.92 Å². The van der Waals surface area contributed by atoms with E-state index < -0.39 is 0 Å². The number of non-ortho nitro benzene ring substituents is 1. The maximum Gasteiger partial charge on any atom is 0.270 e. The van der Waals surface area contributed by atoms with E-state index in [1.54, 1.807) is 12.1 Å². The summed E-state index contributed by atoms with van der Waals surface area (Å²) < 4.78 is 0. The Morgan fingerprint density at radius 1 is 0.846 bits per heavy atom. The third-order valence-corrected chi connectivity index (χ3v) is 4.44. The zero-order valence-electron chi connectivity index (χ0n) is 13.6. The van der Waals surface area contributed by atoms with Crippen molar-refractivity contribution in [3.05, 3.63) is 94.0 Å². The van der Waals surface area contributed by atoms with E-state index in [1.807, 2.05) is 60.7 Å². The molecule has 26 heavy (non-hydrogen) atoms. The largest absolute Gasteiger partial charge is 0.270 e. The zero-order valence-corrected chi connectivity index (χ0v) is 14.4. The van der Waals surface area contributed by atoms with Crippen LogP contribution in [0, 0.1) is 10.1 Å². The summed E-state index contributed by atoms with van der Waals surface area (Å²) in [5.74, 6) is 0. The van der Waals surface area contributed by atoms with Gasteiger partial charge in [-0.05, 0) is 35.4 Å². The van der Waals surface area contributed by atoms with Gasteiger partial charge < -0.3 is 0 Å². The molecule has 3 aromatic carbocycles. The fourth-order valence-electron chi connectivity index (χ4n) is 2.98. The van der Waals surface area contributed by atoms with Crippen LogP contribution in [0.25, 0.3) is 33.3 Å². The average Bonchev–Trinajstić information content (AvgIpc) is 2.67. The summed E-state index contributed by atoms with van der Waals surface area (Å²) in [5.41, 5.74) is 4.29. The van der Waals surface area contributed by atoms with Crippen LogP contribution in [0.3, 0.4) is 0 Å². The van der Waals surface area contributed by atoms with Crippen LogP contribution in [0.4, 0.5) is 5.69 Å². The molecule has 0 aliphatic carbocycles. The number of benzene rings is 3. The molecule has 0 aliphatic heterocycles. The van der Waals surface area contributed by atoms with E-state index in [2.05, 4.69) is 0 Å². The van der Waals surface area contributed by atoms with Crippen LogP contribution in [0.1, 0.15) is 0 Å². The number of nitro benzene ring substituents is 1. The lowest BCUT2D eigenvalue weighted by molar-refractivity contribution is -0.384. The highest BCUT2D eigenvalue weighted by Gasteiger charge is 2.14. The summed E-state index contributed by atoms with van der Waals surface area (Å²) in [6.45, 7) is 0. The number of pyridine rings is 1. The second kappa shape index (κ2) is 6.58. The van der Waals surface area contributed by atoms with Gasteiger partial charge in [-0.1, -0.05) is 54.1 Å². The molecule has 4 aromatic rings. The Balaban J connectivity index is 2.03. The van der Waals surface area contributed by atoms with E-state index in [0.717, 1.165) is 27.8 Å². The molecular formula is C21H13ClN2O2. The van der Waals surface area contributed by atoms with Crippen LogP contribution in [0.5, 0.6) is 0 Å². The smallest absolute Gasteiger partial charge is 0.258 e. The first-order valence-corrected chi connectivity index (χ1v) is 8.40. The minimum Gasteiger partial charge on any atom is -0.258 e. The zero-order chi connectivity index (χ0) is 18.1. The number of hydrogen-bond acceptors (Lipinski definition) is 3. The maximum absolute atomic E-state index is 11.2. The highest BCUT2D eigenvalue weighted by atomic mass is 35.5. The van der Waals surface area contributed by atoms with E-state index in [0.29, 0.717) is 10.5 Å². The normalized spacial score (nSPS) is 10.8. The number of hydrogen-bond donors (Lipinski definition) is 0. The van der Waals surface area contributed by atoms with Gasteiger partial charge in [0, 0.05) is 28.1 Å². The average molecular weight is 361 g/mol. The van der Waals surface area contributed by atoms with Gasteiger partial charge in [0.15, 0.2) is 0 Å². The van der Waals surface area contributed by atoms with Crippen LogP contribution in [-0.4, -0.2) is 9.91 Å². The van der Waals surface area contributed by atoms with Crippen molar-refractivity contribution in [2.45, 2.75) is 0 Å². The lowest BCUT2D eigenvalue weighted by atomic mass is 9.98. The van der Waals surface area contributed by atoms with Crippen LogP contribution < -0.4 is 0 Å². The molecule has 1 heterocycles. The van der Waals surface area contributed by atoms with E-state index in [4.69, 9.17) is 16.6 Å². The number of fused-ring (bicyclic) bond motifs is 1. The van der Waals surface area contributed by atoms with Crippen molar-refractivity contribution in [3.8, 4) is 22.4 Å². The molecule has 5 heteroatoms. The fraction of sp³-hybridized carbons (Fsp3) is 0. The van der Waals surface area contributed by atoms with Crippen LogP contribution in [0.2, 0.25) is 5.02 Å². The van der Waals surface area contributed by atoms with Crippen molar-refractivity contribution in [1.82, 2.24) is 4.98 Å². The molecule has 0 radical (unpaired) electrons. The standard InChI is InChI=1S/C21H13ClN2O2/c22-16-8-4-7-15(11-16)21-13-18(14-5-2-1-3-6-14)19-12-17(24(25)26)9-10-20(19)23-21/h1-13H. The summed E-state index contributed by atoms with van der Waals surface area (Å²) in [4.78, 5) is 15.5. The molecule has 0 bridgehead atoms. The number of rotatable bonds is 3. The predicted octanol–water partition coefficient (Wildman–Crippen LogP) is 6.13. The van der Waals surface area contributed by atoms with Gasteiger partial charge >= 0.3 is 0 Å². The van der Waals surface area contributed by atoms with Gasteiger partial charge in [0.1, 0.15) is 0 Å². The van der Waals surface area contributed by atoms with Crippen molar-refractivity contribution in [2.24, 2.45) is 0 Å². The van der Waals surface area contributed by atoms with Gasteiger partial charge in [0.05, 0.1) is 16.1 Å². The Labute approximate surface area is 154 Å².